The molecule has 0 unspecified atom stereocenters. The van der Waals surface area contributed by atoms with Gasteiger partial charge in [-0.05, 0) is 43.5 Å². The smallest absolute Gasteiger partial charge is 0.173 e. The van der Waals surface area contributed by atoms with Gasteiger partial charge in [0.25, 0.3) is 0 Å². The van der Waals surface area contributed by atoms with E-state index >= 15 is 0 Å². The van der Waals surface area contributed by atoms with Gasteiger partial charge in [0.2, 0.25) is 0 Å². The van der Waals surface area contributed by atoms with Crippen molar-refractivity contribution in [1.29, 1.82) is 0 Å². The van der Waals surface area contributed by atoms with Crippen LogP contribution in [0.3, 0.4) is 0 Å². The number of nitrogens with two attached hydrogens (primary N) is 1. The molecule has 0 radical (unpaired) electrons. The number of aryl methyl sites for hydroxylation is 3. The lowest BCUT2D eigenvalue weighted by atomic mass is 10.1. The van der Waals surface area contributed by atoms with E-state index in [1.54, 1.807) is 11.8 Å². The van der Waals surface area contributed by atoms with Crippen molar-refractivity contribution in [1.82, 2.24) is 4.98 Å². The number of nitrogens with zero attached hydrogens (tertiary/aromatic N) is 2. The maximum absolute atomic E-state index is 8.96. The van der Waals surface area contributed by atoms with Gasteiger partial charge in [-0.2, -0.15) is 0 Å². The number of hydrogen-bond donors (Lipinski definition) is 2. The third-order valence-electron chi connectivity index (χ3n) is 3.30. The topological polar surface area (TPSA) is 71.5 Å². The van der Waals surface area contributed by atoms with Gasteiger partial charge in [0.15, 0.2) is 5.84 Å². The molecule has 0 spiro atoms. The quantitative estimate of drug-likeness (QED) is 0.298. The number of aromatic nitrogens is 1. The van der Waals surface area contributed by atoms with E-state index in [1.165, 1.54) is 11.1 Å². The van der Waals surface area contributed by atoms with Crippen molar-refractivity contribution in [2.24, 2.45) is 10.9 Å². The molecule has 1 aromatic carbocycles. The second-order valence-electron chi connectivity index (χ2n) is 4.96. The van der Waals surface area contributed by atoms with E-state index in [1.807, 2.05) is 32.0 Å². The Morgan fingerprint density at radius 3 is 2.62 bits per heavy atom. The number of oxime groups is 1. The van der Waals surface area contributed by atoms with E-state index in [4.69, 9.17) is 10.9 Å². The lowest BCUT2D eigenvalue weighted by Gasteiger charge is -2.12. The van der Waals surface area contributed by atoms with Crippen LogP contribution in [-0.2, 0) is 5.75 Å². The zero-order chi connectivity index (χ0) is 15.4. The highest BCUT2D eigenvalue weighted by molar-refractivity contribution is 7.98. The van der Waals surface area contributed by atoms with Crippen LogP contribution in [0.15, 0.2) is 40.5 Å². The normalized spacial score (nSPS) is 11.7. The van der Waals surface area contributed by atoms with Gasteiger partial charge in [0, 0.05) is 11.4 Å². The van der Waals surface area contributed by atoms with Gasteiger partial charge < -0.3 is 10.9 Å². The van der Waals surface area contributed by atoms with Crippen LogP contribution in [0.5, 0.6) is 0 Å². The second-order valence-corrected chi connectivity index (χ2v) is 5.93. The monoisotopic (exact) mass is 301 g/mol. The first kappa shape index (κ1) is 15.4. The number of benzene rings is 1. The van der Waals surface area contributed by atoms with Gasteiger partial charge in [-0.1, -0.05) is 29.4 Å². The molecule has 0 bridgehead atoms. The predicted octanol–water partition coefficient (Wildman–Crippen LogP) is 3.39. The van der Waals surface area contributed by atoms with Gasteiger partial charge in [0.1, 0.15) is 5.03 Å². The van der Waals surface area contributed by atoms with Crippen molar-refractivity contribution >= 4 is 17.6 Å². The van der Waals surface area contributed by atoms with Crippen molar-refractivity contribution < 1.29 is 5.21 Å². The van der Waals surface area contributed by atoms with Crippen LogP contribution in [0.25, 0.3) is 0 Å². The molecule has 0 aliphatic heterocycles. The molecule has 1 heterocycles. The first-order valence-electron chi connectivity index (χ1n) is 6.66. The number of hydrogen-bond acceptors (Lipinski definition) is 4. The van der Waals surface area contributed by atoms with E-state index < -0.39 is 0 Å². The number of thioether (sulfide) groups is 1. The molecule has 0 amide bonds. The Kier molecular flexibility index (Phi) is 4.85. The number of rotatable bonds is 4. The maximum atomic E-state index is 8.96. The highest BCUT2D eigenvalue weighted by Gasteiger charge is 2.14. The Labute approximate surface area is 129 Å². The first-order chi connectivity index (χ1) is 10.0. The molecule has 0 saturated carbocycles. The standard InChI is InChI=1S/C16H19N3OS/c1-10-6-4-5-7-13(10)9-21-16-14(15(17)19-20)11(2)8-12(3)18-16/h4-8,20H,9H2,1-3H3,(H2,17,19). The Hall–Kier alpha value is -2.01. The average molecular weight is 301 g/mol. The molecule has 110 valence electrons. The Balaban J connectivity index is 2.33. The SMILES string of the molecule is Cc1cc(C)c(C(N)=NO)c(SCc2ccccc2C)n1. The average Bonchev–Trinajstić information content (AvgIpc) is 2.45. The highest BCUT2D eigenvalue weighted by Crippen LogP contribution is 2.28. The fraction of sp³-hybridized carbons (Fsp3) is 0.250. The van der Waals surface area contributed by atoms with E-state index in [9.17, 15) is 0 Å². The molecule has 0 aliphatic rings. The fourth-order valence-corrected chi connectivity index (χ4v) is 3.42. The lowest BCUT2D eigenvalue weighted by molar-refractivity contribution is 0.318. The molecule has 0 fully saturated rings. The Morgan fingerprint density at radius 1 is 1.24 bits per heavy atom. The summed E-state index contributed by atoms with van der Waals surface area (Å²) in [6.45, 7) is 5.98. The lowest BCUT2D eigenvalue weighted by Crippen LogP contribution is -2.17. The van der Waals surface area contributed by atoms with Crippen molar-refractivity contribution in [2.75, 3.05) is 0 Å². The molecule has 1 aromatic heterocycles. The van der Waals surface area contributed by atoms with Crippen molar-refractivity contribution in [3.63, 3.8) is 0 Å². The van der Waals surface area contributed by atoms with E-state index in [0.29, 0.717) is 5.56 Å². The summed E-state index contributed by atoms with van der Waals surface area (Å²) < 4.78 is 0. The zero-order valence-corrected chi connectivity index (χ0v) is 13.2. The van der Waals surface area contributed by atoms with Crippen LogP contribution >= 0.6 is 11.8 Å². The molecule has 0 saturated heterocycles. The second kappa shape index (κ2) is 6.63. The number of pyridine rings is 1. The molecular formula is C16H19N3OS. The molecular weight excluding hydrogens is 282 g/mol. The Morgan fingerprint density at radius 2 is 1.95 bits per heavy atom. The number of amidine groups is 1. The van der Waals surface area contributed by atoms with Crippen LogP contribution in [-0.4, -0.2) is 16.0 Å². The van der Waals surface area contributed by atoms with E-state index in [2.05, 4.69) is 29.2 Å². The van der Waals surface area contributed by atoms with Crippen molar-refractivity contribution in [3.05, 3.63) is 58.3 Å². The van der Waals surface area contributed by atoms with Crippen LogP contribution in [0.2, 0.25) is 0 Å². The fourth-order valence-electron chi connectivity index (χ4n) is 2.19. The Bertz CT molecular complexity index is 683. The molecule has 2 rings (SSSR count). The largest absolute Gasteiger partial charge is 0.409 e. The summed E-state index contributed by atoms with van der Waals surface area (Å²) in [5.41, 5.74) is 10.9. The molecule has 2 aromatic rings. The van der Waals surface area contributed by atoms with Crippen LogP contribution in [0.4, 0.5) is 0 Å². The third-order valence-corrected chi connectivity index (χ3v) is 4.33. The summed E-state index contributed by atoms with van der Waals surface area (Å²) >= 11 is 1.60. The van der Waals surface area contributed by atoms with Crippen LogP contribution < -0.4 is 5.73 Å². The molecule has 5 heteroatoms. The van der Waals surface area contributed by atoms with Crippen LogP contribution in [0, 0.1) is 20.8 Å². The summed E-state index contributed by atoms with van der Waals surface area (Å²) in [6.07, 6.45) is 0. The molecule has 3 N–H and O–H groups in total. The molecule has 4 nitrogen and oxygen atoms in total. The van der Waals surface area contributed by atoms with Crippen molar-refractivity contribution in [2.45, 2.75) is 31.6 Å². The molecule has 0 aliphatic carbocycles. The van der Waals surface area contributed by atoms with Gasteiger partial charge in [-0.15, -0.1) is 11.8 Å². The van der Waals surface area contributed by atoms with E-state index in [-0.39, 0.29) is 5.84 Å². The van der Waals surface area contributed by atoms with Gasteiger partial charge in [0.05, 0.1) is 5.56 Å². The van der Waals surface area contributed by atoms with Gasteiger partial charge in [-0.25, -0.2) is 4.98 Å². The summed E-state index contributed by atoms with van der Waals surface area (Å²) in [5, 5.41) is 12.9. The molecule has 0 atom stereocenters. The van der Waals surface area contributed by atoms with E-state index in [0.717, 1.165) is 22.0 Å². The first-order valence-corrected chi connectivity index (χ1v) is 7.65. The summed E-state index contributed by atoms with van der Waals surface area (Å²) in [6, 6.07) is 10.2. The van der Waals surface area contributed by atoms with Gasteiger partial charge >= 0.3 is 0 Å². The third kappa shape index (κ3) is 3.55. The molecule has 21 heavy (non-hydrogen) atoms. The minimum Gasteiger partial charge on any atom is -0.409 e. The van der Waals surface area contributed by atoms with Crippen molar-refractivity contribution in [3.8, 4) is 0 Å². The zero-order valence-electron chi connectivity index (χ0n) is 12.4. The predicted molar refractivity (Wildman–Crippen MR) is 87.0 cm³/mol. The minimum absolute atomic E-state index is 0.104. The summed E-state index contributed by atoms with van der Waals surface area (Å²) in [7, 11) is 0. The maximum Gasteiger partial charge on any atom is 0.173 e. The summed E-state index contributed by atoms with van der Waals surface area (Å²) in [5.74, 6) is 0.904. The van der Waals surface area contributed by atoms with Crippen LogP contribution in [0.1, 0.15) is 27.9 Å². The minimum atomic E-state index is 0.104. The summed E-state index contributed by atoms with van der Waals surface area (Å²) in [4.78, 5) is 4.54. The highest BCUT2D eigenvalue weighted by atomic mass is 32.2. The van der Waals surface area contributed by atoms with Gasteiger partial charge in [-0.3, -0.25) is 0 Å².